The molecule has 5 atom stereocenters. The van der Waals surface area contributed by atoms with Gasteiger partial charge in [-0.15, -0.1) is 0 Å². The predicted octanol–water partition coefficient (Wildman–Crippen LogP) is 9.86. The van der Waals surface area contributed by atoms with Crippen molar-refractivity contribution >= 4 is 60.5 Å². The van der Waals surface area contributed by atoms with Crippen molar-refractivity contribution in [1.29, 1.82) is 0 Å². The zero-order chi connectivity index (χ0) is 64.6. The summed E-state index contributed by atoms with van der Waals surface area (Å²) in [5, 5.41) is 12.6. The van der Waals surface area contributed by atoms with E-state index >= 15 is 9.59 Å². The molecular weight excluding hydrogens is 1140 g/mol. The van der Waals surface area contributed by atoms with Gasteiger partial charge >= 0.3 is 26.5 Å². The third kappa shape index (κ3) is 17.1. The standard InChI is InChI=1S/C71H83N5O12Si/c1-13-42-84-67(81)58(14-2)72-65(79)62(47(5)86-69(83)87-70(6,7)8)75-64(78)61(46(3)4)74-63(77)60(44-49-38-40-50(41-39-49)88-89(71(9,10)11,51-30-20-16-21-31-51)52-32-22-17-23-33-52)76(12)66(80)59(43-48-28-18-15-19-29-48)73-68(82)85-45-57-55-36-26-24-34-53(55)54-35-25-27-37-56(54)57/h13-41,46-47,57,59-62H,1,42-45H2,2-12H3,(H,72,79)(H,73,82)(H,74,77)(H,75,78)/b58-14-/t47-,59+,60+,61+,62+/m1/s1. The van der Waals surface area contributed by atoms with E-state index in [9.17, 15) is 24.0 Å². The summed E-state index contributed by atoms with van der Waals surface area (Å²) in [4.78, 5) is 101. The van der Waals surface area contributed by atoms with Crippen molar-refractivity contribution < 1.29 is 56.9 Å². The van der Waals surface area contributed by atoms with E-state index < -0.39 is 92.0 Å². The van der Waals surface area contributed by atoms with E-state index in [1.165, 1.54) is 37.9 Å². The van der Waals surface area contributed by atoms with Crippen molar-refractivity contribution in [3.8, 4) is 16.9 Å². The van der Waals surface area contributed by atoms with Crippen LogP contribution in [0.1, 0.15) is 97.4 Å². The summed E-state index contributed by atoms with van der Waals surface area (Å²) in [5.74, 6) is -4.49. The Morgan fingerprint density at radius 3 is 1.65 bits per heavy atom. The second-order valence-electron chi connectivity index (χ2n) is 24.4. The molecule has 17 nitrogen and oxygen atoms in total. The largest absolute Gasteiger partial charge is 0.534 e. The van der Waals surface area contributed by atoms with Crippen LogP contribution in [0, 0.1) is 5.92 Å². The molecule has 7 rings (SSSR count). The van der Waals surface area contributed by atoms with Gasteiger partial charge in [0.25, 0.3) is 5.91 Å². The molecule has 0 spiro atoms. The normalized spacial score (nSPS) is 14.0. The number of nitrogens with zero attached hydrogens (tertiary/aromatic N) is 1. The summed E-state index contributed by atoms with van der Waals surface area (Å²) in [6.45, 7) is 21.0. The number of nitrogens with one attached hydrogen (secondary N) is 4. The molecule has 0 saturated carbocycles. The molecule has 0 aromatic heterocycles. The van der Waals surface area contributed by atoms with E-state index in [0.717, 1.165) is 32.6 Å². The highest BCUT2D eigenvalue weighted by molar-refractivity contribution is 7.00. The average molecular weight is 1230 g/mol. The molecule has 0 saturated heterocycles. The fraction of sp³-hybridized carbons (Fsp3) is 0.338. The predicted molar refractivity (Wildman–Crippen MR) is 346 cm³/mol. The van der Waals surface area contributed by atoms with Crippen LogP contribution in [-0.4, -0.2) is 111 Å². The van der Waals surface area contributed by atoms with Crippen LogP contribution < -0.4 is 36.1 Å². The SMILES string of the molecule is C=CCOC(=O)/C(=C/C)NC(=O)[C@@H](NC(=O)[C@@H](NC(=O)[C@H](Cc1ccc(O[Si](c2ccccc2)(c2ccccc2)C(C)(C)C)cc1)N(C)C(=O)[C@H](Cc1ccccc1)NC(=O)OCC1c2ccccc2-c2ccccc21)C(C)C)[C@@H](C)OC(=O)OC(C)(C)C. The quantitative estimate of drug-likeness (QED) is 0.0139. The Morgan fingerprint density at radius 2 is 1.13 bits per heavy atom. The maximum Gasteiger partial charge on any atom is 0.509 e. The molecule has 1 aliphatic carbocycles. The molecule has 0 radical (unpaired) electrons. The molecule has 0 fully saturated rings. The molecule has 1 aliphatic rings. The summed E-state index contributed by atoms with van der Waals surface area (Å²) in [7, 11) is -1.62. The first-order valence-corrected chi connectivity index (χ1v) is 31.8. The van der Waals surface area contributed by atoms with Gasteiger partial charge in [-0.1, -0.05) is 205 Å². The van der Waals surface area contributed by atoms with Crippen molar-refractivity contribution in [3.63, 3.8) is 0 Å². The molecule has 18 heteroatoms. The fourth-order valence-electron chi connectivity index (χ4n) is 11.0. The average Bonchev–Trinajstić information content (AvgIpc) is 1.44. The molecule has 89 heavy (non-hydrogen) atoms. The maximum atomic E-state index is 15.4. The van der Waals surface area contributed by atoms with E-state index in [-0.39, 0.29) is 42.7 Å². The Kier molecular flexibility index (Phi) is 22.7. The van der Waals surface area contributed by atoms with Crippen molar-refractivity contribution in [2.75, 3.05) is 20.3 Å². The van der Waals surface area contributed by atoms with E-state index in [4.69, 9.17) is 23.4 Å². The van der Waals surface area contributed by atoms with E-state index in [2.05, 4.69) is 72.9 Å². The molecule has 0 heterocycles. The number of carbonyl (C=O) groups excluding carboxylic acids is 7. The van der Waals surface area contributed by atoms with Crippen molar-refractivity contribution in [1.82, 2.24) is 26.2 Å². The lowest BCUT2D eigenvalue weighted by Gasteiger charge is -2.43. The third-order valence-electron chi connectivity index (χ3n) is 15.4. The summed E-state index contributed by atoms with van der Waals surface area (Å²) in [6, 6.07) is 47.1. The number of esters is 1. The van der Waals surface area contributed by atoms with Crippen molar-refractivity contribution in [2.45, 2.75) is 129 Å². The van der Waals surface area contributed by atoms with Gasteiger partial charge < -0.3 is 49.5 Å². The van der Waals surface area contributed by atoms with Gasteiger partial charge in [0.2, 0.25) is 17.7 Å². The van der Waals surface area contributed by atoms with Crippen LogP contribution in [0.3, 0.4) is 0 Å². The Bertz CT molecular complexity index is 3390. The molecule has 4 N–H and O–H groups in total. The highest BCUT2D eigenvalue weighted by Crippen LogP contribution is 2.44. The molecule has 468 valence electrons. The van der Waals surface area contributed by atoms with E-state index in [1.807, 2.05) is 140 Å². The molecule has 0 unspecified atom stereocenters. The van der Waals surface area contributed by atoms with Gasteiger partial charge in [0, 0.05) is 25.8 Å². The van der Waals surface area contributed by atoms with Crippen molar-refractivity contribution in [2.24, 2.45) is 5.92 Å². The summed E-state index contributed by atoms with van der Waals surface area (Å²) in [5.41, 5.74) is 4.19. The first-order valence-electron chi connectivity index (χ1n) is 29.9. The maximum absolute atomic E-state index is 15.4. The number of rotatable bonds is 25. The highest BCUT2D eigenvalue weighted by Gasteiger charge is 2.52. The lowest BCUT2D eigenvalue weighted by Crippen LogP contribution is -2.68. The topological polar surface area (TPSA) is 217 Å². The minimum atomic E-state index is -3.08. The number of fused-ring (bicyclic) bond motifs is 3. The number of likely N-dealkylation sites (N-methyl/N-ethyl adjacent to an activating group) is 1. The molecule has 0 bridgehead atoms. The number of carbonyl (C=O) groups is 7. The van der Waals surface area contributed by atoms with Crippen LogP contribution in [0.2, 0.25) is 5.04 Å². The number of benzene rings is 6. The Labute approximate surface area is 523 Å². The monoisotopic (exact) mass is 1230 g/mol. The van der Waals surface area contributed by atoms with Gasteiger partial charge in [0.1, 0.15) is 60.5 Å². The zero-order valence-corrected chi connectivity index (χ0v) is 53.7. The van der Waals surface area contributed by atoms with Crippen LogP contribution in [0.4, 0.5) is 9.59 Å². The van der Waals surface area contributed by atoms with Crippen LogP contribution in [0.5, 0.6) is 5.75 Å². The van der Waals surface area contributed by atoms with Crippen LogP contribution in [0.15, 0.2) is 188 Å². The van der Waals surface area contributed by atoms with Gasteiger partial charge in [-0.25, -0.2) is 14.4 Å². The number of ether oxygens (including phenoxy) is 4. The molecule has 0 aliphatic heterocycles. The van der Waals surface area contributed by atoms with Crippen LogP contribution in [-0.2, 0) is 55.8 Å². The van der Waals surface area contributed by atoms with Gasteiger partial charge in [0.15, 0.2) is 0 Å². The lowest BCUT2D eigenvalue weighted by atomic mass is 9.98. The van der Waals surface area contributed by atoms with Gasteiger partial charge in [-0.3, -0.25) is 19.2 Å². The Morgan fingerprint density at radius 1 is 0.618 bits per heavy atom. The number of hydrogen-bond donors (Lipinski definition) is 4. The molecule has 5 amide bonds. The van der Waals surface area contributed by atoms with Crippen LogP contribution in [0.25, 0.3) is 11.1 Å². The minimum Gasteiger partial charge on any atom is -0.534 e. The second-order valence-corrected chi connectivity index (χ2v) is 28.6. The molecule has 6 aromatic rings. The van der Waals surface area contributed by atoms with Crippen LogP contribution >= 0.6 is 0 Å². The minimum absolute atomic E-state index is 0.0156. The summed E-state index contributed by atoms with van der Waals surface area (Å²) in [6.07, 6.45) is -0.830. The second kappa shape index (κ2) is 30.1. The smallest absolute Gasteiger partial charge is 0.509 e. The molecular formula is C71H83N5O12Si. The number of alkyl carbamates (subject to hydrolysis) is 1. The van der Waals surface area contributed by atoms with Gasteiger partial charge in [-0.2, -0.15) is 0 Å². The van der Waals surface area contributed by atoms with Crippen molar-refractivity contribution in [3.05, 3.63) is 210 Å². The molecule has 6 aromatic carbocycles. The highest BCUT2D eigenvalue weighted by atomic mass is 28.4. The lowest BCUT2D eigenvalue weighted by molar-refractivity contribution is -0.142. The van der Waals surface area contributed by atoms with Gasteiger partial charge in [0.05, 0.1) is 0 Å². The number of hydrogen-bond acceptors (Lipinski definition) is 12. The van der Waals surface area contributed by atoms with Gasteiger partial charge in [-0.05, 0) is 101 Å². The first-order chi connectivity index (χ1) is 42.3. The zero-order valence-electron chi connectivity index (χ0n) is 52.7. The third-order valence-corrected chi connectivity index (χ3v) is 20.4. The summed E-state index contributed by atoms with van der Waals surface area (Å²) >= 11 is 0. The van der Waals surface area contributed by atoms with E-state index in [0.29, 0.717) is 16.9 Å². The Balaban J connectivity index is 1.22. The number of allylic oxidation sites excluding steroid dienone is 1. The van der Waals surface area contributed by atoms with E-state index in [1.54, 1.807) is 34.6 Å². The fourth-order valence-corrected chi connectivity index (χ4v) is 15.4. The first kappa shape index (κ1) is 67.2. The summed E-state index contributed by atoms with van der Waals surface area (Å²) < 4.78 is 29.3. The number of amides is 5. The Hall–Kier alpha value is -9.29.